The van der Waals surface area contributed by atoms with Gasteiger partial charge in [-0.15, -0.1) is 0 Å². The number of ether oxygens (including phenoxy) is 4. The van der Waals surface area contributed by atoms with Crippen LogP contribution in [0.1, 0.15) is 12.5 Å². The van der Waals surface area contributed by atoms with E-state index in [1.54, 1.807) is 25.1 Å². The molecule has 0 fully saturated rings. The normalized spacial score (nSPS) is 11.5. The number of carbonyl (C=O) groups is 1. The van der Waals surface area contributed by atoms with Crippen molar-refractivity contribution in [1.82, 2.24) is 5.43 Å². The zero-order valence-electron chi connectivity index (χ0n) is 21.5. The maximum absolute atomic E-state index is 13.6. The van der Waals surface area contributed by atoms with Crippen LogP contribution in [0.15, 0.2) is 70.7 Å². The van der Waals surface area contributed by atoms with Gasteiger partial charge in [0.25, 0.3) is 15.9 Å². The van der Waals surface area contributed by atoms with Gasteiger partial charge in [-0.2, -0.15) is 5.10 Å². The number of hydrazone groups is 1. The summed E-state index contributed by atoms with van der Waals surface area (Å²) in [6.07, 6.45) is 0. The van der Waals surface area contributed by atoms with Crippen molar-refractivity contribution in [3.05, 3.63) is 72.0 Å². The van der Waals surface area contributed by atoms with Gasteiger partial charge in [0.2, 0.25) is 0 Å². The molecule has 12 heteroatoms. The van der Waals surface area contributed by atoms with Gasteiger partial charge in [0.1, 0.15) is 12.4 Å². The van der Waals surface area contributed by atoms with Crippen LogP contribution in [0.2, 0.25) is 0 Å². The van der Waals surface area contributed by atoms with E-state index in [1.807, 2.05) is 0 Å². The molecule has 0 radical (unpaired) electrons. The fraction of sp³-hybridized carbons (Fsp3) is 0.231. The molecule has 0 unspecified atom stereocenters. The third-order valence-electron chi connectivity index (χ3n) is 5.49. The van der Waals surface area contributed by atoms with Crippen molar-refractivity contribution in [2.45, 2.75) is 11.8 Å². The van der Waals surface area contributed by atoms with E-state index in [0.29, 0.717) is 28.5 Å². The van der Waals surface area contributed by atoms with E-state index in [1.165, 1.54) is 58.8 Å². The Morgan fingerprint density at radius 1 is 0.842 bits per heavy atom. The number of rotatable bonds is 11. The number of hydrogen-bond donors (Lipinski definition) is 1. The highest BCUT2D eigenvalue weighted by molar-refractivity contribution is 7.92. The number of amides is 1. The first kappa shape index (κ1) is 28.3. The van der Waals surface area contributed by atoms with Gasteiger partial charge in [-0.05, 0) is 61.5 Å². The largest absolute Gasteiger partial charge is 0.493 e. The molecular weight excluding hydrogens is 517 g/mol. The van der Waals surface area contributed by atoms with E-state index in [-0.39, 0.29) is 16.3 Å². The Balaban J connectivity index is 1.90. The number of halogens is 1. The highest BCUT2D eigenvalue weighted by atomic mass is 32.2. The van der Waals surface area contributed by atoms with Gasteiger partial charge in [-0.25, -0.2) is 18.2 Å². The topological polar surface area (TPSA) is 116 Å². The highest BCUT2D eigenvalue weighted by Gasteiger charge is 2.28. The van der Waals surface area contributed by atoms with Crippen LogP contribution in [0.25, 0.3) is 0 Å². The molecule has 0 saturated heterocycles. The molecule has 0 aliphatic rings. The van der Waals surface area contributed by atoms with E-state index in [4.69, 9.17) is 18.9 Å². The molecule has 0 bridgehead atoms. The summed E-state index contributed by atoms with van der Waals surface area (Å²) >= 11 is 0. The SMILES string of the molecule is COc1ccc(/C(C)=N\NC(=O)CN(c2ccc(F)cc2)S(=O)(=O)c2ccc(OC)c(OC)c2)cc1OC. The molecule has 0 atom stereocenters. The number of methoxy groups -OCH3 is 4. The zero-order valence-corrected chi connectivity index (χ0v) is 22.3. The molecule has 202 valence electrons. The van der Waals surface area contributed by atoms with Gasteiger partial charge in [0.05, 0.1) is 44.7 Å². The number of sulfonamides is 1. The minimum Gasteiger partial charge on any atom is -0.493 e. The molecule has 1 amide bonds. The smallest absolute Gasteiger partial charge is 0.264 e. The average Bonchev–Trinajstić information content (AvgIpc) is 2.94. The van der Waals surface area contributed by atoms with E-state index in [9.17, 15) is 17.6 Å². The predicted octanol–water partition coefficient (Wildman–Crippen LogP) is 3.60. The lowest BCUT2D eigenvalue weighted by molar-refractivity contribution is -0.119. The number of anilines is 1. The third-order valence-corrected chi connectivity index (χ3v) is 7.26. The van der Waals surface area contributed by atoms with Crippen molar-refractivity contribution in [3.63, 3.8) is 0 Å². The lowest BCUT2D eigenvalue weighted by atomic mass is 10.1. The minimum absolute atomic E-state index is 0.0805. The summed E-state index contributed by atoms with van der Waals surface area (Å²) in [7, 11) is 1.52. The Labute approximate surface area is 220 Å². The summed E-state index contributed by atoms with van der Waals surface area (Å²) < 4.78 is 62.5. The fourth-order valence-electron chi connectivity index (χ4n) is 3.46. The molecule has 0 aliphatic heterocycles. The van der Waals surface area contributed by atoms with Crippen molar-refractivity contribution in [2.75, 3.05) is 39.3 Å². The number of carbonyl (C=O) groups excluding carboxylic acids is 1. The quantitative estimate of drug-likeness (QED) is 0.289. The molecule has 38 heavy (non-hydrogen) atoms. The maximum atomic E-state index is 13.6. The van der Waals surface area contributed by atoms with Crippen LogP contribution in [0.5, 0.6) is 23.0 Å². The molecule has 0 aliphatic carbocycles. The first-order valence-corrected chi connectivity index (χ1v) is 12.6. The van der Waals surface area contributed by atoms with Crippen molar-refractivity contribution in [2.24, 2.45) is 5.10 Å². The van der Waals surface area contributed by atoms with Crippen molar-refractivity contribution in [1.29, 1.82) is 0 Å². The third kappa shape index (κ3) is 6.32. The van der Waals surface area contributed by atoms with Crippen LogP contribution in [-0.2, 0) is 14.8 Å². The summed E-state index contributed by atoms with van der Waals surface area (Å²) in [5.41, 5.74) is 3.55. The monoisotopic (exact) mass is 545 g/mol. The second-order valence-corrected chi connectivity index (χ2v) is 9.67. The summed E-state index contributed by atoms with van der Waals surface area (Å²) in [5.74, 6) is 0.248. The molecule has 0 aromatic heterocycles. The second-order valence-electron chi connectivity index (χ2n) is 7.81. The number of nitrogens with one attached hydrogen (secondary N) is 1. The summed E-state index contributed by atoms with van der Waals surface area (Å²) in [6, 6.07) is 13.9. The van der Waals surface area contributed by atoms with Gasteiger partial charge in [0, 0.05) is 11.6 Å². The molecule has 3 aromatic rings. The molecule has 3 aromatic carbocycles. The Morgan fingerprint density at radius 3 is 1.97 bits per heavy atom. The number of hydrogen-bond acceptors (Lipinski definition) is 8. The fourth-order valence-corrected chi connectivity index (χ4v) is 4.90. The van der Waals surface area contributed by atoms with Crippen LogP contribution in [-0.4, -0.2) is 55.0 Å². The van der Waals surface area contributed by atoms with Gasteiger partial charge in [0.15, 0.2) is 23.0 Å². The maximum Gasteiger partial charge on any atom is 0.264 e. The Morgan fingerprint density at radius 2 is 1.39 bits per heavy atom. The minimum atomic E-state index is -4.29. The molecule has 0 heterocycles. The van der Waals surface area contributed by atoms with Gasteiger partial charge in [-0.1, -0.05) is 0 Å². The van der Waals surface area contributed by atoms with Crippen molar-refractivity contribution >= 4 is 27.3 Å². The van der Waals surface area contributed by atoms with Crippen LogP contribution >= 0.6 is 0 Å². The number of nitrogens with zero attached hydrogens (tertiary/aromatic N) is 2. The first-order valence-electron chi connectivity index (χ1n) is 11.2. The standard InChI is InChI=1S/C26H28FN3O7S/c1-17(18-6-12-22(34-2)24(14-18)36-4)28-29-26(31)16-30(20-9-7-19(27)8-10-20)38(32,33)21-11-13-23(35-3)25(15-21)37-5/h6-15H,16H2,1-5H3,(H,29,31)/b28-17-. The van der Waals surface area contributed by atoms with Crippen molar-refractivity contribution in [3.8, 4) is 23.0 Å². The van der Waals surface area contributed by atoms with Crippen LogP contribution in [0.4, 0.5) is 10.1 Å². The van der Waals surface area contributed by atoms with E-state index >= 15 is 0 Å². The van der Waals surface area contributed by atoms with Crippen LogP contribution < -0.4 is 28.7 Å². The molecular formula is C26H28FN3O7S. The first-order chi connectivity index (χ1) is 18.1. The second kappa shape index (κ2) is 12.3. The summed E-state index contributed by atoms with van der Waals surface area (Å²) in [5, 5.41) is 4.09. The molecule has 1 N–H and O–H groups in total. The van der Waals surface area contributed by atoms with Crippen LogP contribution in [0.3, 0.4) is 0 Å². The van der Waals surface area contributed by atoms with E-state index < -0.39 is 28.3 Å². The predicted molar refractivity (Wildman–Crippen MR) is 140 cm³/mol. The van der Waals surface area contributed by atoms with Crippen molar-refractivity contribution < 1.29 is 36.6 Å². The average molecular weight is 546 g/mol. The van der Waals surface area contributed by atoms with E-state index in [2.05, 4.69) is 10.5 Å². The molecule has 0 saturated carbocycles. The lowest BCUT2D eigenvalue weighted by Crippen LogP contribution is -2.39. The summed E-state index contributed by atoms with van der Waals surface area (Å²) in [4.78, 5) is 12.7. The molecule has 10 nitrogen and oxygen atoms in total. The lowest BCUT2D eigenvalue weighted by Gasteiger charge is -2.24. The van der Waals surface area contributed by atoms with Crippen LogP contribution in [0, 0.1) is 5.82 Å². The Hall–Kier alpha value is -4.32. The molecule has 0 spiro atoms. The molecule has 3 rings (SSSR count). The van der Waals surface area contributed by atoms with Gasteiger partial charge >= 0.3 is 0 Å². The Kier molecular flexibility index (Phi) is 9.13. The number of benzene rings is 3. The van der Waals surface area contributed by atoms with Gasteiger partial charge < -0.3 is 18.9 Å². The Bertz CT molecular complexity index is 1430. The van der Waals surface area contributed by atoms with Gasteiger partial charge in [-0.3, -0.25) is 9.10 Å². The highest BCUT2D eigenvalue weighted by Crippen LogP contribution is 2.32. The van der Waals surface area contributed by atoms with E-state index in [0.717, 1.165) is 16.4 Å². The zero-order chi connectivity index (χ0) is 27.9. The summed E-state index contributed by atoms with van der Waals surface area (Å²) in [6.45, 7) is 1.03.